The topological polar surface area (TPSA) is 30.0 Å². The summed E-state index contributed by atoms with van der Waals surface area (Å²) in [5.74, 6) is -0.00952. The number of aromatic nitrogens is 1. The van der Waals surface area contributed by atoms with Gasteiger partial charge in [0.25, 0.3) is 0 Å². The Morgan fingerprint density at radius 3 is 2.45 bits per heavy atom. The summed E-state index contributed by atoms with van der Waals surface area (Å²) in [5.41, 5.74) is 3.48. The SMILES string of the molecule is O=C(CCCc1ccc(-c2ccccc2F)cc1)Cc1nccc2ccccc12. The maximum atomic E-state index is 13.9. The van der Waals surface area contributed by atoms with Gasteiger partial charge in [0.15, 0.2) is 0 Å². The summed E-state index contributed by atoms with van der Waals surface area (Å²) in [7, 11) is 0. The van der Waals surface area contributed by atoms with Crippen molar-refractivity contribution >= 4 is 16.6 Å². The van der Waals surface area contributed by atoms with Gasteiger partial charge in [-0.3, -0.25) is 9.78 Å². The molecular weight excluding hydrogens is 361 g/mol. The van der Waals surface area contributed by atoms with Crippen molar-refractivity contribution in [1.82, 2.24) is 4.98 Å². The number of nitrogens with zero attached hydrogens (tertiary/aromatic N) is 1. The van der Waals surface area contributed by atoms with Gasteiger partial charge in [-0.2, -0.15) is 0 Å². The molecule has 0 fully saturated rings. The number of ketones is 1. The average Bonchev–Trinajstić information content (AvgIpc) is 2.75. The van der Waals surface area contributed by atoms with Crippen molar-refractivity contribution in [3.05, 3.63) is 102 Å². The highest BCUT2D eigenvalue weighted by Crippen LogP contribution is 2.23. The number of carbonyl (C=O) groups excluding carboxylic acids is 1. The number of hydrogen-bond acceptors (Lipinski definition) is 2. The number of benzene rings is 3. The number of fused-ring (bicyclic) bond motifs is 1. The minimum atomic E-state index is -0.215. The van der Waals surface area contributed by atoms with E-state index in [0.717, 1.165) is 40.4 Å². The number of rotatable bonds is 7. The van der Waals surface area contributed by atoms with Crippen molar-refractivity contribution in [3.63, 3.8) is 0 Å². The van der Waals surface area contributed by atoms with Gasteiger partial charge in [0, 0.05) is 30.0 Å². The van der Waals surface area contributed by atoms with Crippen LogP contribution in [0.5, 0.6) is 0 Å². The molecule has 0 amide bonds. The van der Waals surface area contributed by atoms with Crippen molar-refractivity contribution in [3.8, 4) is 11.1 Å². The van der Waals surface area contributed by atoms with Crippen molar-refractivity contribution in [2.75, 3.05) is 0 Å². The largest absolute Gasteiger partial charge is 0.299 e. The second-order valence-corrected chi connectivity index (χ2v) is 7.22. The Hall–Kier alpha value is -3.33. The van der Waals surface area contributed by atoms with Crippen molar-refractivity contribution in [2.45, 2.75) is 25.7 Å². The molecule has 0 spiro atoms. The van der Waals surface area contributed by atoms with Crippen molar-refractivity contribution in [1.29, 1.82) is 0 Å². The van der Waals surface area contributed by atoms with E-state index in [4.69, 9.17) is 0 Å². The Bertz CT molecular complexity index is 1130. The molecule has 3 aromatic carbocycles. The molecule has 0 radical (unpaired) electrons. The second kappa shape index (κ2) is 8.78. The normalized spacial score (nSPS) is 10.9. The van der Waals surface area contributed by atoms with Crippen LogP contribution in [-0.2, 0) is 17.6 Å². The van der Waals surface area contributed by atoms with Gasteiger partial charge in [0.1, 0.15) is 11.6 Å². The van der Waals surface area contributed by atoms with Crippen LogP contribution >= 0.6 is 0 Å². The second-order valence-electron chi connectivity index (χ2n) is 7.22. The molecule has 0 unspecified atom stereocenters. The summed E-state index contributed by atoms with van der Waals surface area (Å²) in [6, 6.07) is 24.7. The van der Waals surface area contributed by atoms with E-state index in [1.54, 1.807) is 18.3 Å². The number of aryl methyl sites for hydroxylation is 1. The summed E-state index contributed by atoms with van der Waals surface area (Å²) in [4.78, 5) is 16.8. The van der Waals surface area contributed by atoms with Gasteiger partial charge in [0.2, 0.25) is 0 Å². The lowest BCUT2D eigenvalue weighted by Crippen LogP contribution is -2.05. The van der Waals surface area contributed by atoms with Crippen LogP contribution in [0.2, 0.25) is 0 Å². The average molecular weight is 383 g/mol. The van der Waals surface area contributed by atoms with E-state index in [2.05, 4.69) is 4.98 Å². The van der Waals surface area contributed by atoms with Gasteiger partial charge in [-0.25, -0.2) is 4.39 Å². The predicted octanol–water partition coefficient (Wildman–Crippen LogP) is 6.18. The number of carbonyl (C=O) groups is 1. The van der Waals surface area contributed by atoms with Crippen LogP contribution in [0.25, 0.3) is 21.9 Å². The first-order valence-electron chi connectivity index (χ1n) is 9.89. The quantitative estimate of drug-likeness (QED) is 0.382. The molecule has 0 aliphatic rings. The van der Waals surface area contributed by atoms with Crippen LogP contribution in [-0.4, -0.2) is 10.8 Å². The first-order chi connectivity index (χ1) is 14.2. The molecule has 0 saturated carbocycles. The van der Waals surface area contributed by atoms with E-state index in [-0.39, 0.29) is 11.6 Å². The number of hydrogen-bond donors (Lipinski definition) is 0. The molecule has 0 saturated heterocycles. The Labute approximate surface area is 170 Å². The Balaban J connectivity index is 1.33. The molecule has 2 nitrogen and oxygen atoms in total. The van der Waals surface area contributed by atoms with Crippen LogP contribution < -0.4 is 0 Å². The molecule has 29 heavy (non-hydrogen) atoms. The molecule has 1 aromatic heterocycles. The van der Waals surface area contributed by atoms with Gasteiger partial charge >= 0.3 is 0 Å². The predicted molar refractivity (Wildman–Crippen MR) is 115 cm³/mol. The molecule has 3 heteroatoms. The van der Waals surface area contributed by atoms with E-state index in [9.17, 15) is 9.18 Å². The fourth-order valence-electron chi connectivity index (χ4n) is 3.63. The number of halogens is 1. The Kier molecular flexibility index (Phi) is 5.76. The molecule has 4 aromatic rings. The van der Waals surface area contributed by atoms with Crippen LogP contribution in [0.3, 0.4) is 0 Å². The van der Waals surface area contributed by atoms with Crippen LogP contribution in [0, 0.1) is 5.82 Å². The third-order valence-corrected chi connectivity index (χ3v) is 5.18. The lowest BCUT2D eigenvalue weighted by molar-refractivity contribution is -0.118. The van der Waals surface area contributed by atoms with Crippen molar-refractivity contribution < 1.29 is 9.18 Å². The van der Waals surface area contributed by atoms with E-state index in [1.807, 2.05) is 60.7 Å². The van der Waals surface area contributed by atoms with E-state index in [1.165, 1.54) is 6.07 Å². The fourth-order valence-corrected chi connectivity index (χ4v) is 3.63. The molecule has 144 valence electrons. The van der Waals surface area contributed by atoms with Gasteiger partial charge in [0.05, 0.1) is 5.69 Å². The third kappa shape index (κ3) is 4.57. The molecule has 0 N–H and O–H groups in total. The first-order valence-corrected chi connectivity index (χ1v) is 9.89. The smallest absolute Gasteiger partial charge is 0.138 e. The zero-order valence-corrected chi connectivity index (χ0v) is 16.1. The van der Waals surface area contributed by atoms with Gasteiger partial charge in [-0.15, -0.1) is 0 Å². The molecule has 4 rings (SSSR count). The minimum absolute atomic E-state index is 0.205. The van der Waals surface area contributed by atoms with Crippen LogP contribution in [0.15, 0.2) is 85.1 Å². The highest BCUT2D eigenvalue weighted by Gasteiger charge is 2.09. The highest BCUT2D eigenvalue weighted by atomic mass is 19.1. The molecule has 0 atom stereocenters. The zero-order valence-electron chi connectivity index (χ0n) is 16.1. The van der Waals surface area contributed by atoms with Gasteiger partial charge < -0.3 is 0 Å². The number of Topliss-reactive ketones (excluding diaryl/α,β-unsaturated/α-hetero) is 1. The summed E-state index contributed by atoms with van der Waals surface area (Å²) in [6.45, 7) is 0. The fraction of sp³-hybridized carbons (Fsp3) is 0.154. The monoisotopic (exact) mass is 383 g/mol. The summed E-state index contributed by atoms with van der Waals surface area (Å²) in [6.07, 6.45) is 4.28. The van der Waals surface area contributed by atoms with Gasteiger partial charge in [-0.05, 0) is 41.5 Å². The number of pyridine rings is 1. The van der Waals surface area contributed by atoms with Crippen LogP contribution in [0.1, 0.15) is 24.1 Å². The lowest BCUT2D eigenvalue weighted by atomic mass is 9.99. The summed E-state index contributed by atoms with van der Waals surface area (Å²) < 4.78 is 13.9. The van der Waals surface area contributed by atoms with E-state index < -0.39 is 0 Å². The third-order valence-electron chi connectivity index (χ3n) is 5.18. The van der Waals surface area contributed by atoms with Crippen molar-refractivity contribution in [2.24, 2.45) is 0 Å². The maximum absolute atomic E-state index is 13.9. The zero-order chi connectivity index (χ0) is 20.1. The Morgan fingerprint density at radius 1 is 0.862 bits per heavy atom. The molecular formula is C26H22FNO. The Morgan fingerprint density at radius 2 is 1.62 bits per heavy atom. The maximum Gasteiger partial charge on any atom is 0.138 e. The molecule has 0 aliphatic heterocycles. The molecule has 1 heterocycles. The van der Waals surface area contributed by atoms with E-state index in [0.29, 0.717) is 18.4 Å². The lowest BCUT2D eigenvalue weighted by Gasteiger charge is -2.07. The first kappa shape index (κ1) is 19.0. The highest BCUT2D eigenvalue weighted by molar-refractivity contribution is 5.89. The van der Waals surface area contributed by atoms with E-state index >= 15 is 0 Å². The summed E-state index contributed by atoms with van der Waals surface area (Å²) >= 11 is 0. The molecule has 0 aliphatic carbocycles. The molecule has 0 bridgehead atoms. The van der Waals surface area contributed by atoms with Gasteiger partial charge in [-0.1, -0.05) is 66.7 Å². The standard InChI is InChI=1S/C26H22FNO/c27-25-11-4-3-9-23(25)21-14-12-19(13-15-21)6-5-8-22(29)18-26-24-10-2-1-7-20(24)16-17-28-26/h1-4,7,9-17H,5-6,8,18H2. The van der Waals surface area contributed by atoms with Crippen LogP contribution in [0.4, 0.5) is 4.39 Å². The minimum Gasteiger partial charge on any atom is -0.299 e. The summed E-state index contributed by atoms with van der Waals surface area (Å²) in [5, 5.41) is 2.16.